The number of nitrogens with one attached hydrogen (secondary N) is 1. The molecular formula is C19H21BrFN3O3S3. The molecule has 162 valence electrons. The molecule has 0 amide bonds. The Hall–Kier alpha value is -1.43. The van der Waals surface area contributed by atoms with E-state index in [4.69, 9.17) is 0 Å². The Morgan fingerprint density at radius 3 is 2.57 bits per heavy atom. The molecule has 2 aliphatic heterocycles. The van der Waals surface area contributed by atoms with Crippen molar-refractivity contribution in [3.05, 3.63) is 49.8 Å². The summed E-state index contributed by atoms with van der Waals surface area (Å²) < 4.78 is 43.5. The number of benzene rings is 1. The maximum absolute atomic E-state index is 12.8. The van der Waals surface area contributed by atoms with Crippen molar-refractivity contribution in [2.24, 2.45) is 0 Å². The van der Waals surface area contributed by atoms with E-state index in [0.29, 0.717) is 12.1 Å². The molecule has 0 fully saturated rings. The van der Waals surface area contributed by atoms with Gasteiger partial charge in [-0.05, 0) is 56.7 Å². The van der Waals surface area contributed by atoms with Crippen LogP contribution < -0.4 is 10.4 Å². The van der Waals surface area contributed by atoms with Crippen molar-refractivity contribution >= 4 is 54.9 Å². The van der Waals surface area contributed by atoms with E-state index in [-0.39, 0.29) is 17.4 Å². The highest BCUT2D eigenvalue weighted by Gasteiger charge is 2.26. The van der Waals surface area contributed by atoms with Crippen LogP contribution in [-0.4, -0.2) is 30.4 Å². The van der Waals surface area contributed by atoms with Crippen molar-refractivity contribution < 1.29 is 12.8 Å². The van der Waals surface area contributed by atoms with Gasteiger partial charge in [0.2, 0.25) is 0 Å². The first kappa shape index (κ1) is 23.2. The van der Waals surface area contributed by atoms with Crippen LogP contribution in [0.4, 0.5) is 10.2 Å². The van der Waals surface area contributed by atoms with Crippen LogP contribution in [0.25, 0.3) is 5.69 Å². The zero-order valence-corrected chi connectivity index (χ0v) is 20.5. The summed E-state index contributed by atoms with van der Waals surface area (Å²) in [6.07, 6.45) is 2.14. The Bertz CT molecular complexity index is 1160. The second-order valence-electron chi connectivity index (χ2n) is 6.62. The van der Waals surface area contributed by atoms with Crippen molar-refractivity contribution in [3.63, 3.8) is 0 Å². The molecule has 3 rings (SSSR count). The third kappa shape index (κ3) is 5.06. The Labute approximate surface area is 191 Å². The zero-order valence-electron chi connectivity index (χ0n) is 16.4. The van der Waals surface area contributed by atoms with E-state index in [1.807, 2.05) is 13.8 Å². The lowest BCUT2D eigenvalue weighted by Gasteiger charge is -2.16. The highest BCUT2D eigenvalue weighted by atomic mass is 79.9. The van der Waals surface area contributed by atoms with Crippen LogP contribution in [0.2, 0.25) is 0 Å². The number of anilines is 1. The summed E-state index contributed by atoms with van der Waals surface area (Å²) in [7, 11) is -3.91. The van der Waals surface area contributed by atoms with Gasteiger partial charge >= 0.3 is 5.69 Å². The average Bonchev–Trinajstić information content (AvgIpc) is 3.01. The SMILES string of the molecule is Cc1sc(SCCCCCF)c2c(NS(=O)(=O)c3ccc(Br)cc3)nc(=O)n-2c1C. The quantitative estimate of drug-likeness (QED) is 0.304. The molecule has 0 atom stereocenters. The molecule has 0 bridgehead atoms. The number of halogens is 2. The third-order valence-electron chi connectivity index (χ3n) is 4.50. The lowest BCUT2D eigenvalue weighted by Crippen LogP contribution is -2.17. The summed E-state index contributed by atoms with van der Waals surface area (Å²) in [5, 5.41) is 0. The molecule has 2 aliphatic rings. The average molecular weight is 534 g/mol. The maximum Gasteiger partial charge on any atom is 0.354 e. The van der Waals surface area contributed by atoms with Gasteiger partial charge in [0.25, 0.3) is 10.0 Å². The van der Waals surface area contributed by atoms with E-state index in [0.717, 1.165) is 37.8 Å². The van der Waals surface area contributed by atoms with E-state index in [2.05, 4.69) is 25.6 Å². The van der Waals surface area contributed by atoms with Crippen molar-refractivity contribution in [2.45, 2.75) is 42.2 Å². The predicted molar refractivity (Wildman–Crippen MR) is 124 cm³/mol. The molecule has 0 spiro atoms. The van der Waals surface area contributed by atoms with Crippen molar-refractivity contribution in [1.82, 2.24) is 9.55 Å². The number of imidazole rings is 1. The number of nitrogens with zero attached hydrogens (tertiary/aromatic N) is 2. The summed E-state index contributed by atoms with van der Waals surface area (Å²) >= 11 is 6.31. The lowest BCUT2D eigenvalue weighted by atomic mass is 10.3. The largest absolute Gasteiger partial charge is 0.354 e. The predicted octanol–water partition coefficient (Wildman–Crippen LogP) is 5.14. The molecule has 2 heterocycles. The number of hydrogen-bond donors (Lipinski definition) is 1. The molecule has 30 heavy (non-hydrogen) atoms. The molecule has 1 N–H and O–H groups in total. The van der Waals surface area contributed by atoms with E-state index in [9.17, 15) is 17.6 Å². The first-order chi connectivity index (χ1) is 14.2. The molecule has 6 nitrogen and oxygen atoms in total. The molecule has 0 aromatic heterocycles. The molecule has 0 saturated heterocycles. The number of unbranched alkanes of at least 4 members (excludes halogenated alkanes) is 2. The van der Waals surface area contributed by atoms with Gasteiger partial charge in [-0.2, -0.15) is 4.98 Å². The third-order valence-corrected chi connectivity index (χ3v) is 8.91. The van der Waals surface area contributed by atoms with Crippen LogP contribution in [0.15, 0.2) is 42.6 Å². The van der Waals surface area contributed by atoms with E-state index in [1.165, 1.54) is 39.8 Å². The van der Waals surface area contributed by atoms with Gasteiger partial charge < -0.3 is 0 Å². The highest BCUT2D eigenvalue weighted by Crippen LogP contribution is 2.38. The van der Waals surface area contributed by atoms with Gasteiger partial charge in [0.15, 0.2) is 5.82 Å². The first-order valence-corrected chi connectivity index (χ1v) is 13.3. The molecule has 1 aromatic carbocycles. The molecule has 1 aromatic rings. The Morgan fingerprint density at radius 2 is 1.90 bits per heavy atom. The van der Waals surface area contributed by atoms with Crippen LogP contribution in [0.5, 0.6) is 0 Å². The van der Waals surface area contributed by atoms with Gasteiger partial charge in [0.1, 0.15) is 5.69 Å². The van der Waals surface area contributed by atoms with Crippen LogP contribution in [0.3, 0.4) is 0 Å². The van der Waals surface area contributed by atoms with Gasteiger partial charge in [-0.15, -0.1) is 23.1 Å². The number of sulfonamides is 1. The number of alkyl halides is 1. The van der Waals surface area contributed by atoms with Crippen molar-refractivity contribution in [2.75, 3.05) is 17.1 Å². The number of rotatable bonds is 9. The fourth-order valence-electron chi connectivity index (χ4n) is 2.83. The second-order valence-corrected chi connectivity index (χ2v) is 11.8. The smallest absolute Gasteiger partial charge is 0.261 e. The summed E-state index contributed by atoms with van der Waals surface area (Å²) in [6.45, 7) is 3.40. The topological polar surface area (TPSA) is 81.1 Å². The molecule has 0 unspecified atom stereocenters. The fourth-order valence-corrected chi connectivity index (χ4v) is 6.62. The fraction of sp³-hybridized carbons (Fsp3) is 0.368. The van der Waals surface area contributed by atoms with Crippen molar-refractivity contribution in [3.8, 4) is 5.69 Å². The van der Waals surface area contributed by atoms with Gasteiger partial charge in [-0.25, -0.2) is 13.2 Å². The van der Waals surface area contributed by atoms with Crippen LogP contribution >= 0.6 is 39.0 Å². The monoisotopic (exact) mass is 533 g/mol. The van der Waals surface area contributed by atoms with E-state index in [1.54, 1.807) is 12.1 Å². The minimum Gasteiger partial charge on any atom is -0.261 e. The molecule has 11 heteroatoms. The zero-order chi connectivity index (χ0) is 21.9. The van der Waals surface area contributed by atoms with E-state index >= 15 is 0 Å². The van der Waals surface area contributed by atoms with Crippen molar-refractivity contribution in [1.29, 1.82) is 0 Å². The van der Waals surface area contributed by atoms with Crippen LogP contribution in [-0.2, 0) is 10.0 Å². The number of aromatic nitrogens is 2. The first-order valence-electron chi connectivity index (χ1n) is 9.24. The molecular weight excluding hydrogens is 513 g/mol. The Kier molecular flexibility index (Phi) is 7.59. The number of aryl methyl sites for hydroxylation is 1. The van der Waals surface area contributed by atoms with E-state index < -0.39 is 15.7 Å². The summed E-state index contributed by atoms with van der Waals surface area (Å²) in [4.78, 5) is 17.6. The van der Waals surface area contributed by atoms with Crippen LogP contribution in [0, 0.1) is 13.8 Å². The second kappa shape index (κ2) is 9.80. The minimum atomic E-state index is -3.91. The minimum absolute atomic E-state index is 0.0218. The normalized spacial score (nSPS) is 11.9. The van der Waals surface area contributed by atoms with Gasteiger partial charge in [0.05, 0.1) is 15.8 Å². The standard InChI is InChI=1S/C19H21BrFN3O3S3/c1-12-13(2)29-18(28-11-5-3-4-10-21)16-17(22-19(25)24(12)16)23-30(26,27)15-8-6-14(20)7-9-15/h6-9H,3-5,10-11H2,1-2H3,(H,22,23,25). The van der Waals surface area contributed by atoms with Gasteiger partial charge in [-0.3, -0.25) is 13.7 Å². The maximum atomic E-state index is 12.8. The number of fused-ring (bicyclic) bond motifs is 1. The number of thioether (sulfide) groups is 1. The van der Waals surface area contributed by atoms with Gasteiger partial charge in [-0.1, -0.05) is 22.4 Å². The molecule has 0 radical (unpaired) electrons. The molecule has 0 aliphatic carbocycles. The highest BCUT2D eigenvalue weighted by molar-refractivity contribution is 9.10. The number of hydrogen-bond acceptors (Lipinski definition) is 6. The van der Waals surface area contributed by atoms with Crippen LogP contribution in [0.1, 0.15) is 29.8 Å². The summed E-state index contributed by atoms with van der Waals surface area (Å²) in [6, 6.07) is 6.21. The Balaban J connectivity index is 1.98. The summed E-state index contributed by atoms with van der Waals surface area (Å²) in [5.41, 5.74) is 0.666. The Morgan fingerprint density at radius 1 is 1.20 bits per heavy atom. The lowest BCUT2D eigenvalue weighted by molar-refractivity contribution is 0.460. The summed E-state index contributed by atoms with van der Waals surface area (Å²) in [5.74, 6) is 0.765. The molecule has 0 saturated carbocycles. The van der Waals surface area contributed by atoms with Gasteiger partial charge in [0, 0.05) is 15.0 Å².